The fraction of sp³-hybridized carbons (Fsp3) is 0.429. The highest BCUT2D eigenvalue weighted by atomic mass is 16.4. The minimum atomic E-state index is -0.837. The number of rotatable bonds is 4. The molecule has 0 heterocycles. The molecule has 17 heavy (non-hydrogen) atoms. The molecule has 0 aliphatic heterocycles. The number of carbonyl (C=O) groups is 2. The summed E-state index contributed by atoms with van der Waals surface area (Å²) in [7, 11) is 0. The average molecular weight is 232 g/mol. The second kappa shape index (κ2) is 5.13. The van der Waals surface area contributed by atoms with Crippen LogP contribution in [0.3, 0.4) is 0 Å². The van der Waals surface area contributed by atoms with Crippen molar-refractivity contribution in [1.29, 1.82) is 0 Å². The van der Waals surface area contributed by atoms with E-state index in [4.69, 9.17) is 0 Å². The van der Waals surface area contributed by atoms with E-state index < -0.39 is 11.9 Å². The van der Waals surface area contributed by atoms with Crippen LogP contribution in [0.5, 0.6) is 0 Å². The fourth-order valence-corrected chi connectivity index (χ4v) is 2.49. The van der Waals surface area contributed by atoms with E-state index in [1.54, 1.807) is 0 Å². The Bertz CT molecular complexity index is 411. The first-order valence-corrected chi connectivity index (χ1v) is 5.99. The molecule has 0 aromatic heterocycles. The topological polar surface area (TPSA) is 54.4 Å². The summed E-state index contributed by atoms with van der Waals surface area (Å²) in [6.45, 7) is 0. The van der Waals surface area contributed by atoms with E-state index >= 15 is 0 Å². The van der Waals surface area contributed by atoms with E-state index in [1.165, 1.54) is 0 Å². The molecule has 1 fully saturated rings. The first-order valence-electron chi connectivity index (χ1n) is 5.99. The van der Waals surface area contributed by atoms with Gasteiger partial charge < -0.3 is 5.11 Å². The molecule has 1 aliphatic carbocycles. The Morgan fingerprint density at radius 3 is 2.59 bits per heavy atom. The molecule has 1 aromatic carbocycles. The monoisotopic (exact) mass is 232 g/mol. The van der Waals surface area contributed by atoms with E-state index in [0.717, 1.165) is 18.4 Å². The van der Waals surface area contributed by atoms with Gasteiger partial charge in [-0.25, -0.2) is 0 Å². The highest BCUT2D eigenvalue weighted by Gasteiger charge is 2.30. The van der Waals surface area contributed by atoms with Crippen LogP contribution in [0.2, 0.25) is 0 Å². The van der Waals surface area contributed by atoms with Gasteiger partial charge in [-0.2, -0.15) is 0 Å². The van der Waals surface area contributed by atoms with Crippen molar-refractivity contribution in [2.45, 2.75) is 31.6 Å². The Kier molecular flexibility index (Phi) is 3.57. The Morgan fingerprint density at radius 1 is 1.35 bits per heavy atom. The van der Waals surface area contributed by atoms with Crippen LogP contribution in [0.25, 0.3) is 0 Å². The number of carbonyl (C=O) groups excluding carboxylic acids is 1. The maximum atomic E-state index is 11.6. The van der Waals surface area contributed by atoms with Gasteiger partial charge in [-0.15, -0.1) is 0 Å². The summed E-state index contributed by atoms with van der Waals surface area (Å²) in [5, 5.41) is 9.26. The summed E-state index contributed by atoms with van der Waals surface area (Å²) < 4.78 is 0. The van der Waals surface area contributed by atoms with Crippen molar-refractivity contribution in [3.63, 3.8) is 0 Å². The summed E-state index contributed by atoms with van der Waals surface area (Å²) >= 11 is 0. The van der Waals surface area contributed by atoms with Crippen LogP contribution in [0.1, 0.15) is 37.2 Å². The highest BCUT2D eigenvalue weighted by molar-refractivity contribution is 5.84. The van der Waals surface area contributed by atoms with Crippen molar-refractivity contribution in [1.82, 2.24) is 0 Å². The van der Waals surface area contributed by atoms with Crippen LogP contribution in [0, 0.1) is 5.92 Å². The summed E-state index contributed by atoms with van der Waals surface area (Å²) in [6.07, 6.45) is 2.81. The Hall–Kier alpha value is -1.64. The van der Waals surface area contributed by atoms with Gasteiger partial charge in [0, 0.05) is 12.3 Å². The van der Waals surface area contributed by atoms with Crippen molar-refractivity contribution in [3.8, 4) is 0 Å². The predicted molar refractivity (Wildman–Crippen MR) is 63.8 cm³/mol. The van der Waals surface area contributed by atoms with Crippen molar-refractivity contribution in [2.75, 3.05) is 0 Å². The first kappa shape index (κ1) is 11.8. The van der Waals surface area contributed by atoms with Crippen molar-refractivity contribution in [3.05, 3.63) is 35.9 Å². The Labute approximate surface area is 100 Å². The zero-order valence-corrected chi connectivity index (χ0v) is 9.63. The summed E-state index contributed by atoms with van der Waals surface area (Å²) in [6, 6.07) is 9.17. The normalized spacial score (nSPS) is 21.4. The minimum Gasteiger partial charge on any atom is -0.481 e. The second-order valence-corrected chi connectivity index (χ2v) is 4.59. The molecule has 3 heteroatoms. The SMILES string of the molecule is O=C1CCCC1CC(C(=O)O)c1ccccc1. The summed E-state index contributed by atoms with van der Waals surface area (Å²) in [5.74, 6) is -1.22. The molecule has 2 rings (SSSR count). The molecule has 90 valence electrons. The molecule has 0 saturated heterocycles. The van der Waals surface area contributed by atoms with Crippen molar-refractivity contribution in [2.24, 2.45) is 5.92 Å². The van der Waals surface area contributed by atoms with E-state index in [-0.39, 0.29) is 11.7 Å². The van der Waals surface area contributed by atoms with Gasteiger partial charge in [0.2, 0.25) is 0 Å². The first-order chi connectivity index (χ1) is 8.18. The second-order valence-electron chi connectivity index (χ2n) is 4.59. The molecule has 2 atom stereocenters. The highest BCUT2D eigenvalue weighted by Crippen LogP contribution is 2.32. The molecule has 0 bridgehead atoms. The maximum Gasteiger partial charge on any atom is 0.310 e. The number of Topliss-reactive ketones (excluding diaryl/α,β-unsaturated/α-hetero) is 1. The van der Waals surface area contributed by atoms with Gasteiger partial charge in [0.15, 0.2) is 0 Å². The Balaban J connectivity index is 2.13. The van der Waals surface area contributed by atoms with E-state index in [0.29, 0.717) is 12.8 Å². The van der Waals surface area contributed by atoms with E-state index in [2.05, 4.69) is 0 Å². The largest absolute Gasteiger partial charge is 0.481 e. The summed E-state index contributed by atoms with van der Waals surface area (Å²) in [4.78, 5) is 22.9. The molecule has 0 amide bonds. The molecule has 0 radical (unpaired) electrons. The lowest BCUT2D eigenvalue weighted by Crippen LogP contribution is -2.18. The molecule has 1 saturated carbocycles. The molecule has 3 nitrogen and oxygen atoms in total. The van der Waals surface area contributed by atoms with Gasteiger partial charge in [0.1, 0.15) is 5.78 Å². The number of carboxylic acid groups (broad SMARTS) is 1. The zero-order valence-electron chi connectivity index (χ0n) is 9.63. The Morgan fingerprint density at radius 2 is 2.06 bits per heavy atom. The van der Waals surface area contributed by atoms with Gasteiger partial charge in [0.25, 0.3) is 0 Å². The molecule has 1 aromatic rings. The minimum absolute atomic E-state index is 0.0590. The third kappa shape index (κ3) is 2.73. The van der Waals surface area contributed by atoms with Crippen molar-refractivity contribution >= 4 is 11.8 Å². The van der Waals surface area contributed by atoms with Gasteiger partial charge in [-0.1, -0.05) is 30.3 Å². The number of carboxylic acids is 1. The van der Waals surface area contributed by atoms with Crippen molar-refractivity contribution < 1.29 is 14.7 Å². The molecule has 1 aliphatic rings. The number of hydrogen-bond acceptors (Lipinski definition) is 2. The van der Waals surface area contributed by atoms with Crippen LogP contribution in [0.4, 0.5) is 0 Å². The van der Waals surface area contributed by atoms with Crippen LogP contribution >= 0.6 is 0 Å². The lowest BCUT2D eigenvalue weighted by molar-refractivity contribution is -0.139. The third-order valence-corrected chi connectivity index (χ3v) is 3.45. The van der Waals surface area contributed by atoms with Crippen LogP contribution in [-0.4, -0.2) is 16.9 Å². The van der Waals surface area contributed by atoms with Gasteiger partial charge in [0.05, 0.1) is 5.92 Å². The van der Waals surface area contributed by atoms with Gasteiger partial charge in [-0.05, 0) is 24.8 Å². The van der Waals surface area contributed by atoms with E-state index in [1.807, 2.05) is 30.3 Å². The third-order valence-electron chi connectivity index (χ3n) is 3.45. The van der Waals surface area contributed by atoms with Crippen LogP contribution in [-0.2, 0) is 9.59 Å². The molecule has 2 unspecified atom stereocenters. The van der Waals surface area contributed by atoms with Gasteiger partial charge >= 0.3 is 5.97 Å². The van der Waals surface area contributed by atoms with Crippen LogP contribution in [0.15, 0.2) is 30.3 Å². The smallest absolute Gasteiger partial charge is 0.310 e. The molecular formula is C14H16O3. The molecule has 1 N–H and O–H groups in total. The molecular weight excluding hydrogens is 216 g/mol. The maximum absolute atomic E-state index is 11.6. The average Bonchev–Trinajstić information content (AvgIpc) is 2.72. The number of benzene rings is 1. The van der Waals surface area contributed by atoms with Gasteiger partial charge in [-0.3, -0.25) is 9.59 Å². The quantitative estimate of drug-likeness (QED) is 0.868. The lowest BCUT2D eigenvalue weighted by atomic mass is 9.87. The molecule has 0 spiro atoms. The number of hydrogen-bond donors (Lipinski definition) is 1. The van der Waals surface area contributed by atoms with Crippen LogP contribution < -0.4 is 0 Å². The number of ketones is 1. The summed E-state index contributed by atoms with van der Waals surface area (Å²) in [5.41, 5.74) is 0.791. The zero-order chi connectivity index (χ0) is 12.3. The van der Waals surface area contributed by atoms with E-state index in [9.17, 15) is 14.7 Å². The fourth-order valence-electron chi connectivity index (χ4n) is 2.49. The standard InChI is InChI=1S/C14H16O3/c15-13-8-4-7-11(13)9-12(14(16)17)10-5-2-1-3-6-10/h1-3,5-6,11-12H,4,7-9H2,(H,16,17). The lowest BCUT2D eigenvalue weighted by Gasteiger charge is -2.16. The predicted octanol–water partition coefficient (Wildman–Crippen LogP) is 2.61. The number of aliphatic carboxylic acids is 1.